The van der Waals surface area contributed by atoms with E-state index in [0.29, 0.717) is 62.5 Å². The molecule has 0 aromatic rings. The third-order valence-corrected chi connectivity index (χ3v) is 17.8. The number of nitrogens with zero attached hydrogens (tertiary/aromatic N) is 3. The molecule has 0 fully saturated rings. The van der Waals surface area contributed by atoms with Crippen molar-refractivity contribution in [3.8, 4) is 0 Å². The summed E-state index contributed by atoms with van der Waals surface area (Å²) in [5.41, 5.74) is 0. The molecule has 0 N–H and O–H groups in total. The first-order valence-corrected chi connectivity index (χ1v) is 37.2. The lowest BCUT2D eigenvalue weighted by molar-refractivity contribution is -0.146. The molecule has 9 heteroatoms. The Bertz CT molecular complexity index is 1390. The fourth-order valence-electron chi connectivity index (χ4n) is 12.0. The third-order valence-electron chi connectivity index (χ3n) is 17.8. The summed E-state index contributed by atoms with van der Waals surface area (Å²) in [6, 6.07) is 0. The SMILES string of the molecule is CCCCCCCCC(CCCCCC)COC(=O)CCCCCCCCN(CCCCC)C(=O)CCCCCN(C)CCCCCC(=O)N(CCCCCC)CCCCCCCCC(=O)OCC(CCCCCC)CCCCCCCC. The van der Waals surface area contributed by atoms with E-state index in [1.165, 1.54) is 193 Å². The summed E-state index contributed by atoms with van der Waals surface area (Å²) in [5, 5.41) is 0. The smallest absolute Gasteiger partial charge is 0.305 e. The second kappa shape index (κ2) is 64.3. The molecule has 0 aliphatic rings. The van der Waals surface area contributed by atoms with Crippen molar-refractivity contribution in [2.75, 3.05) is 59.5 Å². The molecular formula is C74H145N3O6. The Morgan fingerprint density at radius 1 is 0.265 bits per heavy atom. The van der Waals surface area contributed by atoms with Gasteiger partial charge in [0.15, 0.2) is 0 Å². The van der Waals surface area contributed by atoms with Crippen LogP contribution in [-0.2, 0) is 28.7 Å². The molecule has 2 unspecified atom stereocenters. The van der Waals surface area contributed by atoms with Crippen LogP contribution >= 0.6 is 0 Å². The van der Waals surface area contributed by atoms with E-state index in [1.54, 1.807) is 0 Å². The number of unbranched alkanes of at least 4 members (excludes halogenated alkanes) is 35. The average molecular weight is 1170 g/mol. The number of amides is 2. The molecule has 0 heterocycles. The van der Waals surface area contributed by atoms with Crippen LogP contribution in [0.4, 0.5) is 0 Å². The van der Waals surface area contributed by atoms with Crippen molar-refractivity contribution in [3.63, 3.8) is 0 Å². The molecule has 2 amide bonds. The van der Waals surface area contributed by atoms with E-state index in [4.69, 9.17) is 9.47 Å². The highest BCUT2D eigenvalue weighted by Gasteiger charge is 2.17. The Labute approximate surface area is 518 Å². The van der Waals surface area contributed by atoms with Crippen molar-refractivity contribution < 1.29 is 28.7 Å². The van der Waals surface area contributed by atoms with Gasteiger partial charge in [0.2, 0.25) is 11.8 Å². The molecule has 0 spiro atoms. The maximum atomic E-state index is 13.5. The van der Waals surface area contributed by atoms with E-state index >= 15 is 0 Å². The lowest BCUT2D eigenvalue weighted by Crippen LogP contribution is -2.33. The van der Waals surface area contributed by atoms with Crippen LogP contribution in [0.2, 0.25) is 0 Å². The molecule has 0 radical (unpaired) electrons. The van der Waals surface area contributed by atoms with E-state index in [-0.39, 0.29) is 11.9 Å². The topological polar surface area (TPSA) is 96.5 Å². The van der Waals surface area contributed by atoms with E-state index in [0.717, 1.165) is 161 Å². The zero-order chi connectivity index (χ0) is 60.7. The van der Waals surface area contributed by atoms with Gasteiger partial charge in [0.05, 0.1) is 13.2 Å². The van der Waals surface area contributed by atoms with Crippen LogP contribution in [0.15, 0.2) is 0 Å². The minimum Gasteiger partial charge on any atom is -0.465 e. The maximum absolute atomic E-state index is 13.5. The minimum absolute atomic E-state index is 0.00430. The summed E-state index contributed by atoms with van der Waals surface area (Å²) in [5.74, 6) is 1.72. The van der Waals surface area contributed by atoms with Crippen molar-refractivity contribution in [3.05, 3.63) is 0 Å². The Balaban J connectivity index is 4.40. The second-order valence-corrected chi connectivity index (χ2v) is 26.1. The number of esters is 2. The highest BCUT2D eigenvalue weighted by atomic mass is 16.5. The van der Waals surface area contributed by atoms with E-state index in [9.17, 15) is 19.2 Å². The summed E-state index contributed by atoms with van der Waals surface area (Å²) in [4.78, 5) is 59.0. The van der Waals surface area contributed by atoms with Gasteiger partial charge in [-0.15, -0.1) is 0 Å². The monoisotopic (exact) mass is 1170 g/mol. The van der Waals surface area contributed by atoms with Crippen molar-refractivity contribution in [2.45, 2.75) is 382 Å². The summed E-state index contributed by atoms with van der Waals surface area (Å²) in [6.07, 6.45) is 60.8. The van der Waals surface area contributed by atoms with Crippen LogP contribution < -0.4 is 0 Å². The van der Waals surface area contributed by atoms with Crippen molar-refractivity contribution in [2.24, 2.45) is 11.8 Å². The molecule has 0 saturated heterocycles. The van der Waals surface area contributed by atoms with Gasteiger partial charge in [-0.2, -0.15) is 0 Å². The predicted octanol–water partition coefficient (Wildman–Crippen LogP) is 21.7. The molecule has 0 bridgehead atoms. The molecule has 0 aromatic heterocycles. The quantitative estimate of drug-likeness (QED) is 0.0442. The molecule has 0 rings (SSSR count). The van der Waals surface area contributed by atoms with Gasteiger partial charge >= 0.3 is 11.9 Å². The molecule has 0 saturated carbocycles. The summed E-state index contributed by atoms with van der Waals surface area (Å²) >= 11 is 0. The normalized spacial score (nSPS) is 12.3. The first-order chi connectivity index (χ1) is 40.6. The minimum atomic E-state index is -0.00500. The summed E-state index contributed by atoms with van der Waals surface area (Å²) < 4.78 is 11.7. The van der Waals surface area contributed by atoms with E-state index in [1.807, 2.05) is 0 Å². The highest BCUT2D eigenvalue weighted by Crippen LogP contribution is 2.23. The Morgan fingerprint density at radius 3 is 0.819 bits per heavy atom. The standard InChI is InChI=1S/C74H145N3O6/c1-8-14-20-25-31-41-55-69(53-39-22-16-10-3)67-82-73(80)59-45-33-27-29-35-51-65-76(63-47-19-13-6)71(78)57-43-37-48-61-75(7)62-49-38-44-58-72(79)77(64-50-24-18-12-5)66-52-36-30-28-34-46-60-74(81)83-68-70(54-40-23-17-11-4)56-42-32-26-21-15-9-2/h69-70H,8-68H2,1-7H3. The fraction of sp³-hybridized carbons (Fsp3) is 0.946. The second-order valence-electron chi connectivity index (χ2n) is 26.1. The first-order valence-electron chi connectivity index (χ1n) is 37.2. The Morgan fingerprint density at radius 2 is 0.482 bits per heavy atom. The van der Waals surface area contributed by atoms with Crippen molar-refractivity contribution in [1.29, 1.82) is 0 Å². The molecule has 0 aromatic carbocycles. The van der Waals surface area contributed by atoms with Crippen LogP contribution in [0.5, 0.6) is 0 Å². The lowest BCUT2D eigenvalue weighted by atomic mass is 9.95. The maximum Gasteiger partial charge on any atom is 0.305 e. The van der Waals surface area contributed by atoms with E-state index < -0.39 is 0 Å². The molecule has 83 heavy (non-hydrogen) atoms. The molecule has 0 aliphatic heterocycles. The molecule has 9 nitrogen and oxygen atoms in total. The number of hydrogen-bond donors (Lipinski definition) is 0. The first kappa shape index (κ1) is 80.8. The van der Waals surface area contributed by atoms with Crippen LogP contribution in [0, 0.1) is 11.8 Å². The number of rotatable bonds is 67. The number of hydrogen-bond acceptors (Lipinski definition) is 7. The highest BCUT2D eigenvalue weighted by molar-refractivity contribution is 5.76. The van der Waals surface area contributed by atoms with Gasteiger partial charge < -0.3 is 24.2 Å². The average Bonchev–Trinajstić information content (AvgIpc) is 3.49. The lowest BCUT2D eigenvalue weighted by Gasteiger charge is -2.23. The van der Waals surface area contributed by atoms with Gasteiger partial charge in [-0.1, -0.05) is 266 Å². The van der Waals surface area contributed by atoms with Crippen LogP contribution in [0.25, 0.3) is 0 Å². The van der Waals surface area contributed by atoms with Crippen molar-refractivity contribution in [1.82, 2.24) is 14.7 Å². The zero-order valence-electron chi connectivity index (χ0n) is 57.1. The molecule has 0 aliphatic carbocycles. The Kier molecular flexibility index (Phi) is 62.6. The molecule has 2 atom stereocenters. The fourth-order valence-corrected chi connectivity index (χ4v) is 12.0. The van der Waals surface area contributed by atoms with Crippen molar-refractivity contribution >= 4 is 23.8 Å². The zero-order valence-corrected chi connectivity index (χ0v) is 57.1. The van der Waals surface area contributed by atoms with Gasteiger partial charge in [0, 0.05) is 51.9 Å². The number of carbonyl (C=O) groups is 4. The largest absolute Gasteiger partial charge is 0.465 e. The summed E-state index contributed by atoms with van der Waals surface area (Å²) in [6.45, 7) is 20.4. The molecular weight excluding hydrogens is 1030 g/mol. The predicted molar refractivity (Wildman–Crippen MR) is 358 cm³/mol. The van der Waals surface area contributed by atoms with Gasteiger partial charge in [0.25, 0.3) is 0 Å². The van der Waals surface area contributed by atoms with Gasteiger partial charge in [-0.05, 0) is 122 Å². The third kappa shape index (κ3) is 56.1. The number of carbonyl (C=O) groups excluding carboxylic acids is 4. The molecule has 492 valence electrons. The van der Waals surface area contributed by atoms with Gasteiger partial charge in [-0.3, -0.25) is 19.2 Å². The summed E-state index contributed by atoms with van der Waals surface area (Å²) in [7, 11) is 2.22. The Hall–Kier alpha value is -2.16. The number of ether oxygens (including phenoxy) is 2. The van der Waals surface area contributed by atoms with E-state index in [2.05, 4.69) is 63.3 Å². The van der Waals surface area contributed by atoms with Crippen LogP contribution in [0.1, 0.15) is 382 Å². The van der Waals surface area contributed by atoms with Crippen LogP contribution in [0.3, 0.4) is 0 Å². The van der Waals surface area contributed by atoms with Crippen LogP contribution in [-0.4, -0.2) is 98.0 Å². The van der Waals surface area contributed by atoms with Gasteiger partial charge in [0.1, 0.15) is 0 Å². The van der Waals surface area contributed by atoms with Gasteiger partial charge in [-0.25, -0.2) is 0 Å².